The van der Waals surface area contributed by atoms with E-state index in [4.69, 9.17) is 4.74 Å². The van der Waals surface area contributed by atoms with Crippen LogP contribution in [0.3, 0.4) is 0 Å². The number of rotatable bonds is 1. The number of hydrogen-bond acceptors (Lipinski definition) is 4. The van der Waals surface area contributed by atoms with E-state index in [1.807, 2.05) is 35.6 Å². The standard InChI is InChI=1S/C11H10N4O/c1-7-10-13-14-11(16-2)15(10)9-6-4-3-5-8(9)12-7/h3-6H,1-2H3. The predicted octanol–water partition coefficient (Wildman–Crippen LogP) is 1.59. The van der Waals surface area contributed by atoms with Crippen molar-refractivity contribution in [3.8, 4) is 6.01 Å². The molecule has 16 heavy (non-hydrogen) atoms. The number of fused-ring (bicyclic) bond motifs is 3. The number of hydrogen-bond donors (Lipinski definition) is 0. The van der Waals surface area contributed by atoms with Gasteiger partial charge >= 0.3 is 6.01 Å². The lowest BCUT2D eigenvalue weighted by Gasteiger charge is -2.04. The average Bonchev–Trinajstić information content (AvgIpc) is 2.74. The van der Waals surface area contributed by atoms with Gasteiger partial charge in [0.25, 0.3) is 0 Å². The van der Waals surface area contributed by atoms with Gasteiger partial charge in [-0.2, -0.15) is 0 Å². The molecule has 5 nitrogen and oxygen atoms in total. The van der Waals surface area contributed by atoms with E-state index in [1.54, 1.807) is 7.11 Å². The molecule has 1 aromatic carbocycles. The van der Waals surface area contributed by atoms with Gasteiger partial charge in [0.1, 0.15) is 0 Å². The Morgan fingerprint density at radius 2 is 2.00 bits per heavy atom. The normalized spacial score (nSPS) is 11.1. The van der Waals surface area contributed by atoms with Gasteiger partial charge in [-0.15, -0.1) is 5.10 Å². The highest BCUT2D eigenvalue weighted by Gasteiger charge is 2.11. The molecule has 0 bridgehead atoms. The van der Waals surface area contributed by atoms with E-state index in [1.165, 1.54) is 0 Å². The highest BCUT2D eigenvalue weighted by atomic mass is 16.5. The summed E-state index contributed by atoms with van der Waals surface area (Å²) in [5.74, 6) is 0. The quantitative estimate of drug-likeness (QED) is 0.617. The second kappa shape index (κ2) is 3.16. The number of para-hydroxylation sites is 2. The van der Waals surface area contributed by atoms with Crippen LogP contribution in [0.15, 0.2) is 24.3 Å². The fourth-order valence-corrected chi connectivity index (χ4v) is 1.83. The predicted molar refractivity (Wildman–Crippen MR) is 59.6 cm³/mol. The zero-order valence-corrected chi connectivity index (χ0v) is 9.01. The van der Waals surface area contributed by atoms with Gasteiger partial charge in [0.05, 0.1) is 23.8 Å². The van der Waals surface area contributed by atoms with E-state index in [9.17, 15) is 0 Å². The van der Waals surface area contributed by atoms with Gasteiger partial charge in [0.15, 0.2) is 5.65 Å². The summed E-state index contributed by atoms with van der Waals surface area (Å²) in [7, 11) is 1.58. The Morgan fingerprint density at radius 1 is 1.19 bits per heavy atom. The average molecular weight is 214 g/mol. The Balaban J connectivity index is 2.59. The highest BCUT2D eigenvalue weighted by Crippen LogP contribution is 2.20. The Hall–Kier alpha value is -2.17. The SMILES string of the molecule is COc1nnc2c(C)nc3ccccc3n12. The summed E-state index contributed by atoms with van der Waals surface area (Å²) in [4.78, 5) is 4.47. The molecule has 0 saturated carbocycles. The van der Waals surface area contributed by atoms with Crippen LogP contribution in [-0.2, 0) is 0 Å². The van der Waals surface area contributed by atoms with Gasteiger partial charge in [-0.3, -0.25) is 0 Å². The minimum atomic E-state index is 0.483. The van der Waals surface area contributed by atoms with E-state index < -0.39 is 0 Å². The zero-order chi connectivity index (χ0) is 11.1. The number of aromatic nitrogens is 4. The van der Waals surface area contributed by atoms with Crippen LogP contribution in [0.25, 0.3) is 16.7 Å². The van der Waals surface area contributed by atoms with Gasteiger partial charge in [-0.25, -0.2) is 9.38 Å². The van der Waals surface area contributed by atoms with Gasteiger partial charge < -0.3 is 4.74 Å². The first-order chi connectivity index (χ1) is 7.81. The molecule has 0 aliphatic carbocycles. The van der Waals surface area contributed by atoms with Crippen LogP contribution in [0.1, 0.15) is 5.69 Å². The summed E-state index contributed by atoms with van der Waals surface area (Å²) in [6.45, 7) is 1.91. The molecular formula is C11H10N4O. The zero-order valence-electron chi connectivity index (χ0n) is 9.01. The van der Waals surface area contributed by atoms with Crippen molar-refractivity contribution in [2.45, 2.75) is 6.92 Å². The number of methoxy groups -OCH3 is 1. The Kier molecular flexibility index (Phi) is 1.80. The van der Waals surface area contributed by atoms with Crippen LogP contribution in [-0.4, -0.2) is 26.7 Å². The molecule has 3 aromatic rings. The van der Waals surface area contributed by atoms with Crippen LogP contribution >= 0.6 is 0 Å². The molecule has 0 unspecified atom stereocenters. The molecule has 2 aromatic heterocycles. The molecule has 0 fully saturated rings. The summed E-state index contributed by atoms with van der Waals surface area (Å²) in [5.41, 5.74) is 3.43. The van der Waals surface area contributed by atoms with Crippen molar-refractivity contribution in [3.63, 3.8) is 0 Å². The fraction of sp³-hybridized carbons (Fsp3) is 0.182. The van der Waals surface area contributed by atoms with Gasteiger partial charge in [0.2, 0.25) is 0 Å². The van der Waals surface area contributed by atoms with Gasteiger partial charge in [0, 0.05) is 0 Å². The third kappa shape index (κ3) is 1.08. The molecule has 0 saturated heterocycles. The van der Waals surface area contributed by atoms with Crippen molar-refractivity contribution in [2.24, 2.45) is 0 Å². The Labute approximate surface area is 91.7 Å². The van der Waals surface area contributed by atoms with Crippen molar-refractivity contribution >= 4 is 16.7 Å². The summed E-state index contributed by atoms with van der Waals surface area (Å²) in [6.07, 6.45) is 0. The van der Waals surface area contributed by atoms with E-state index in [2.05, 4.69) is 15.2 Å². The summed E-state index contributed by atoms with van der Waals surface area (Å²) in [5, 5.41) is 8.04. The van der Waals surface area contributed by atoms with E-state index >= 15 is 0 Å². The Bertz CT molecular complexity index is 674. The first-order valence-electron chi connectivity index (χ1n) is 4.95. The fourth-order valence-electron chi connectivity index (χ4n) is 1.83. The molecule has 0 aliphatic rings. The second-order valence-corrected chi connectivity index (χ2v) is 3.53. The molecule has 3 rings (SSSR count). The Morgan fingerprint density at radius 3 is 2.81 bits per heavy atom. The maximum absolute atomic E-state index is 5.19. The lowest BCUT2D eigenvalue weighted by molar-refractivity contribution is 0.377. The van der Waals surface area contributed by atoms with E-state index in [-0.39, 0.29) is 0 Å². The topological polar surface area (TPSA) is 52.3 Å². The van der Waals surface area contributed by atoms with Crippen LogP contribution in [0.4, 0.5) is 0 Å². The van der Waals surface area contributed by atoms with Crippen molar-refractivity contribution in [1.82, 2.24) is 19.6 Å². The minimum Gasteiger partial charge on any atom is -0.467 e. The molecule has 0 N–H and O–H groups in total. The minimum absolute atomic E-state index is 0.483. The van der Waals surface area contributed by atoms with Crippen LogP contribution in [0, 0.1) is 6.92 Å². The molecular weight excluding hydrogens is 204 g/mol. The van der Waals surface area contributed by atoms with Crippen molar-refractivity contribution in [3.05, 3.63) is 30.0 Å². The molecule has 0 spiro atoms. The van der Waals surface area contributed by atoms with Crippen LogP contribution < -0.4 is 4.74 Å². The molecule has 2 heterocycles. The maximum atomic E-state index is 5.19. The number of nitrogens with zero attached hydrogens (tertiary/aromatic N) is 4. The van der Waals surface area contributed by atoms with Crippen molar-refractivity contribution in [2.75, 3.05) is 7.11 Å². The summed E-state index contributed by atoms with van der Waals surface area (Å²) >= 11 is 0. The largest absolute Gasteiger partial charge is 0.467 e. The second-order valence-electron chi connectivity index (χ2n) is 3.53. The molecule has 0 radical (unpaired) electrons. The third-order valence-electron chi connectivity index (χ3n) is 2.55. The smallest absolute Gasteiger partial charge is 0.321 e. The first kappa shape index (κ1) is 9.08. The number of ether oxygens (including phenoxy) is 1. The lowest BCUT2D eigenvalue weighted by atomic mass is 10.3. The van der Waals surface area contributed by atoms with Gasteiger partial charge in [-0.05, 0) is 19.1 Å². The molecule has 0 aliphatic heterocycles. The molecule has 0 atom stereocenters. The third-order valence-corrected chi connectivity index (χ3v) is 2.55. The highest BCUT2D eigenvalue weighted by molar-refractivity contribution is 5.78. The van der Waals surface area contributed by atoms with Crippen LogP contribution in [0.2, 0.25) is 0 Å². The first-order valence-corrected chi connectivity index (χ1v) is 4.95. The van der Waals surface area contributed by atoms with Crippen molar-refractivity contribution in [1.29, 1.82) is 0 Å². The monoisotopic (exact) mass is 214 g/mol. The maximum Gasteiger partial charge on any atom is 0.321 e. The van der Waals surface area contributed by atoms with E-state index in [0.717, 1.165) is 22.4 Å². The molecule has 0 amide bonds. The summed E-state index contributed by atoms with van der Waals surface area (Å²) in [6, 6.07) is 8.33. The number of aryl methyl sites for hydroxylation is 1. The molecule has 80 valence electrons. The summed E-state index contributed by atoms with van der Waals surface area (Å²) < 4.78 is 7.06. The molecule has 5 heteroatoms. The van der Waals surface area contributed by atoms with E-state index in [0.29, 0.717) is 6.01 Å². The van der Waals surface area contributed by atoms with Crippen molar-refractivity contribution < 1.29 is 4.74 Å². The number of benzene rings is 1. The lowest BCUT2D eigenvalue weighted by Crippen LogP contribution is -1.97. The van der Waals surface area contributed by atoms with Crippen LogP contribution in [0.5, 0.6) is 6.01 Å². The van der Waals surface area contributed by atoms with Gasteiger partial charge in [-0.1, -0.05) is 17.2 Å².